The Labute approximate surface area is 129 Å². The summed E-state index contributed by atoms with van der Waals surface area (Å²) in [5.41, 5.74) is 1.44. The third-order valence-electron chi connectivity index (χ3n) is 2.94. The van der Waals surface area contributed by atoms with Gasteiger partial charge in [0.15, 0.2) is 5.82 Å². The number of halogens is 1. The smallest absolute Gasteiger partial charge is 0.224 e. The predicted octanol–water partition coefficient (Wildman–Crippen LogP) is 3.59. The van der Waals surface area contributed by atoms with Crippen molar-refractivity contribution in [2.75, 3.05) is 23.8 Å². The first-order chi connectivity index (χ1) is 10.2. The number of nitrogens with one attached hydrogen (secondary N) is 1. The van der Waals surface area contributed by atoms with Gasteiger partial charge in [0.2, 0.25) is 5.95 Å². The molecule has 1 heterocycles. The lowest BCUT2D eigenvalue weighted by Crippen LogP contribution is -2.14. The molecular formula is C15H16ClN5. The standard InChI is InChI=1S/C15H16ClN5/c1-3-7-18-15-19-10-13(16)14(20-15)21(2)12-6-4-5-11(8-12)9-17/h4-6,8,10H,3,7H2,1-2H3,(H,18,19,20). The van der Waals surface area contributed by atoms with Gasteiger partial charge in [-0.1, -0.05) is 24.6 Å². The van der Waals surface area contributed by atoms with Gasteiger partial charge in [-0.15, -0.1) is 0 Å². The van der Waals surface area contributed by atoms with Crippen LogP contribution in [0.3, 0.4) is 0 Å². The molecule has 0 fully saturated rings. The maximum atomic E-state index is 8.98. The van der Waals surface area contributed by atoms with Gasteiger partial charge < -0.3 is 10.2 Å². The fourth-order valence-corrected chi connectivity index (χ4v) is 2.04. The first-order valence-corrected chi connectivity index (χ1v) is 7.03. The molecule has 1 aromatic carbocycles. The molecule has 0 radical (unpaired) electrons. The molecule has 1 aromatic heterocycles. The van der Waals surface area contributed by atoms with Crippen molar-refractivity contribution in [3.63, 3.8) is 0 Å². The number of nitriles is 1. The molecule has 0 atom stereocenters. The van der Waals surface area contributed by atoms with Crippen molar-refractivity contribution in [2.45, 2.75) is 13.3 Å². The number of rotatable bonds is 5. The first kappa shape index (κ1) is 15.1. The summed E-state index contributed by atoms with van der Waals surface area (Å²) in [5.74, 6) is 1.14. The Hall–Kier alpha value is -2.32. The Morgan fingerprint density at radius 1 is 1.43 bits per heavy atom. The Morgan fingerprint density at radius 3 is 2.95 bits per heavy atom. The summed E-state index contributed by atoms with van der Waals surface area (Å²) in [7, 11) is 1.86. The molecule has 0 saturated heterocycles. The molecule has 2 rings (SSSR count). The lowest BCUT2D eigenvalue weighted by atomic mass is 10.2. The first-order valence-electron chi connectivity index (χ1n) is 6.66. The highest BCUT2D eigenvalue weighted by Crippen LogP contribution is 2.29. The maximum absolute atomic E-state index is 8.98. The second-order valence-electron chi connectivity index (χ2n) is 4.51. The highest BCUT2D eigenvalue weighted by atomic mass is 35.5. The molecule has 1 N–H and O–H groups in total. The van der Waals surface area contributed by atoms with Gasteiger partial charge in [0.1, 0.15) is 5.02 Å². The molecule has 0 bridgehead atoms. The molecule has 0 aliphatic heterocycles. The van der Waals surface area contributed by atoms with E-state index in [0.717, 1.165) is 18.7 Å². The normalized spacial score (nSPS) is 10.0. The zero-order chi connectivity index (χ0) is 15.2. The van der Waals surface area contributed by atoms with Crippen LogP contribution in [0, 0.1) is 11.3 Å². The van der Waals surface area contributed by atoms with Crippen molar-refractivity contribution >= 4 is 29.1 Å². The second kappa shape index (κ2) is 6.91. The molecule has 0 aliphatic carbocycles. The maximum Gasteiger partial charge on any atom is 0.224 e. The summed E-state index contributed by atoms with van der Waals surface area (Å²) in [4.78, 5) is 10.4. The fourth-order valence-electron chi connectivity index (χ4n) is 1.82. The van der Waals surface area contributed by atoms with Crippen molar-refractivity contribution in [1.82, 2.24) is 9.97 Å². The van der Waals surface area contributed by atoms with Gasteiger partial charge in [0.05, 0.1) is 17.8 Å². The van der Waals surface area contributed by atoms with Crippen LogP contribution in [-0.2, 0) is 0 Å². The summed E-state index contributed by atoms with van der Waals surface area (Å²) in [5, 5.41) is 12.6. The summed E-state index contributed by atoms with van der Waals surface area (Å²) in [6.45, 7) is 2.87. The molecule has 0 amide bonds. The largest absolute Gasteiger partial charge is 0.354 e. The topological polar surface area (TPSA) is 64.8 Å². The van der Waals surface area contributed by atoms with Crippen molar-refractivity contribution in [3.05, 3.63) is 41.0 Å². The monoisotopic (exact) mass is 301 g/mol. The van der Waals surface area contributed by atoms with Crippen LogP contribution in [0.25, 0.3) is 0 Å². The van der Waals surface area contributed by atoms with Crippen LogP contribution in [-0.4, -0.2) is 23.6 Å². The van der Waals surface area contributed by atoms with Crippen LogP contribution < -0.4 is 10.2 Å². The molecular weight excluding hydrogens is 286 g/mol. The van der Waals surface area contributed by atoms with Crippen molar-refractivity contribution in [2.24, 2.45) is 0 Å². The SMILES string of the molecule is CCCNc1ncc(Cl)c(N(C)c2cccc(C#N)c2)n1. The van der Waals surface area contributed by atoms with E-state index in [1.54, 1.807) is 18.3 Å². The molecule has 0 unspecified atom stereocenters. The zero-order valence-electron chi connectivity index (χ0n) is 12.0. The number of benzene rings is 1. The van der Waals surface area contributed by atoms with Crippen LogP contribution in [0.1, 0.15) is 18.9 Å². The van der Waals surface area contributed by atoms with Gasteiger partial charge in [-0.25, -0.2) is 4.98 Å². The zero-order valence-corrected chi connectivity index (χ0v) is 12.7. The molecule has 0 saturated carbocycles. The van der Waals surface area contributed by atoms with Gasteiger partial charge in [0.25, 0.3) is 0 Å². The van der Waals surface area contributed by atoms with E-state index in [4.69, 9.17) is 16.9 Å². The van der Waals surface area contributed by atoms with E-state index >= 15 is 0 Å². The Balaban J connectivity index is 2.33. The van der Waals surface area contributed by atoms with Gasteiger partial charge in [-0.05, 0) is 24.6 Å². The van der Waals surface area contributed by atoms with E-state index in [-0.39, 0.29) is 0 Å². The average Bonchev–Trinajstić information content (AvgIpc) is 2.53. The molecule has 6 heteroatoms. The van der Waals surface area contributed by atoms with E-state index in [1.165, 1.54) is 0 Å². The third-order valence-corrected chi connectivity index (χ3v) is 3.21. The second-order valence-corrected chi connectivity index (χ2v) is 4.92. The van der Waals surface area contributed by atoms with Gasteiger partial charge in [-0.2, -0.15) is 10.2 Å². The lowest BCUT2D eigenvalue weighted by molar-refractivity contribution is 0.948. The number of aromatic nitrogens is 2. The molecule has 2 aromatic rings. The highest BCUT2D eigenvalue weighted by Gasteiger charge is 2.12. The number of hydrogen-bond acceptors (Lipinski definition) is 5. The van der Waals surface area contributed by atoms with Crippen LogP contribution in [0.15, 0.2) is 30.5 Å². The summed E-state index contributed by atoms with van der Waals surface area (Å²) >= 11 is 6.19. The quantitative estimate of drug-likeness (QED) is 0.914. The Bertz CT molecular complexity index is 665. The van der Waals surface area contributed by atoms with E-state index in [1.807, 2.05) is 24.1 Å². The van der Waals surface area contributed by atoms with E-state index in [2.05, 4.69) is 28.3 Å². The predicted molar refractivity (Wildman–Crippen MR) is 85.0 cm³/mol. The van der Waals surface area contributed by atoms with E-state index < -0.39 is 0 Å². The van der Waals surface area contributed by atoms with Crippen molar-refractivity contribution in [1.29, 1.82) is 5.26 Å². The summed E-state index contributed by atoms with van der Waals surface area (Å²) in [6, 6.07) is 9.40. The van der Waals surface area contributed by atoms with E-state index in [0.29, 0.717) is 22.4 Å². The van der Waals surface area contributed by atoms with Gasteiger partial charge >= 0.3 is 0 Å². The van der Waals surface area contributed by atoms with Crippen molar-refractivity contribution in [3.8, 4) is 6.07 Å². The number of nitrogens with zero attached hydrogens (tertiary/aromatic N) is 4. The minimum Gasteiger partial charge on any atom is -0.354 e. The van der Waals surface area contributed by atoms with Crippen LogP contribution in [0.5, 0.6) is 0 Å². The van der Waals surface area contributed by atoms with Crippen LogP contribution in [0.2, 0.25) is 5.02 Å². The van der Waals surface area contributed by atoms with Crippen molar-refractivity contribution < 1.29 is 0 Å². The number of hydrogen-bond donors (Lipinski definition) is 1. The van der Waals surface area contributed by atoms with Gasteiger partial charge in [0, 0.05) is 19.3 Å². The molecule has 5 nitrogen and oxygen atoms in total. The van der Waals surface area contributed by atoms with E-state index in [9.17, 15) is 0 Å². The van der Waals surface area contributed by atoms with Gasteiger partial charge in [-0.3, -0.25) is 0 Å². The number of anilines is 3. The van der Waals surface area contributed by atoms with Crippen LogP contribution >= 0.6 is 11.6 Å². The highest BCUT2D eigenvalue weighted by molar-refractivity contribution is 6.33. The summed E-state index contributed by atoms with van der Waals surface area (Å²) in [6.07, 6.45) is 2.56. The molecule has 0 aliphatic rings. The molecule has 108 valence electrons. The lowest BCUT2D eigenvalue weighted by Gasteiger charge is -2.20. The van der Waals surface area contributed by atoms with Crippen LogP contribution in [0.4, 0.5) is 17.5 Å². The minimum absolute atomic E-state index is 0.460. The fraction of sp³-hybridized carbons (Fsp3) is 0.267. The minimum atomic E-state index is 0.460. The average molecular weight is 302 g/mol. The molecule has 0 spiro atoms. The third kappa shape index (κ3) is 3.61. The molecule has 21 heavy (non-hydrogen) atoms. The summed E-state index contributed by atoms with van der Waals surface area (Å²) < 4.78 is 0. The Kier molecular flexibility index (Phi) is 4.96. The Morgan fingerprint density at radius 2 is 2.24 bits per heavy atom.